The molecule has 2 aliphatic heterocycles. The molecule has 0 bridgehead atoms. The normalized spacial score (nSPS) is 23.3. The molecule has 0 aromatic carbocycles. The van der Waals surface area contributed by atoms with Crippen LogP contribution in [0.2, 0.25) is 0 Å². The minimum absolute atomic E-state index is 0.000922. The molecule has 0 spiro atoms. The van der Waals surface area contributed by atoms with Crippen LogP contribution < -0.4 is 10.6 Å². The summed E-state index contributed by atoms with van der Waals surface area (Å²) in [7, 11) is 2.10. The van der Waals surface area contributed by atoms with Crippen molar-refractivity contribution in [3.8, 4) is 0 Å². The number of piperazine rings is 1. The van der Waals surface area contributed by atoms with Gasteiger partial charge in [0.1, 0.15) is 0 Å². The van der Waals surface area contributed by atoms with Gasteiger partial charge in [0.05, 0.1) is 24.0 Å². The van der Waals surface area contributed by atoms with E-state index in [1.165, 1.54) is 12.8 Å². The molecule has 3 aliphatic rings. The molecule has 1 aliphatic carbocycles. The standard InChI is InChI=1S/C24H36FN9O/c1-14-11-32(6)23(2,3)13-33(14)22(35)34-12-16-18(24(34,4)5)30-31-19(16)28-20-17(25)10-27-21(29-20)26-9-15-7-8-15/h10,14-15H,7-9,11-13H2,1-6H3,(H3,26,27,28,29,30,31)/t14-/m0/s1. The van der Waals surface area contributed by atoms with E-state index in [4.69, 9.17) is 0 Å². The van der Waals surface area contributed by atoms with Gasteiger partial charge in [-0.15, -0.1) is 0 Å². The van der Waals surface area contributed by atoms with Crippen LogP contribution in [0.4, 0.5) is 26.8 Å². The van der Waals surface area contributed by atoms with Gasteiger partial charge in [-0.25, -0.2) is 14.2 Å². The predicted molar refractivity (Wildman–Crippen MR) is 132 cm³/mol. The van der Waals surface area contributed by atoms with Gasteiger partial charge < -0.3 is 20.4 Å². The van der Waals surface area contributed by atoms with E-state index in [1.807, 2.05) is 23.6 Å². The van der Waals surface area contributed by atoms with E-state index in [0.717, 1.165) is 30.5 Å². The lowest BCUT2D eigenvalue weighted by Gasteiger charge is -2.50. The molecule has 1 atom stereocenters. The van der Waals surface area contributed by atoms with Crippen molar-refractivity contribution in [2.45, 2.75) is 71.1 Å². The van der Waals surface area contributed by atoms with Crippen LogP contribution in [0.15, 0.2) is 6.20 Å². The molecular formula is C24H36FN9O. The highest BCUT2D eigenvalue weighted by atomic mass is 19.1. The number of fused-ring (bicyclic) bond motifs is 1. The zero-order chi connectivity index (χ0) is 25.1. The number of carbonyl (C=O) groups is 1. The fourth-order valence-corrected chi connectivity index (χ4v) is 4.98. The van der Waals surface area contributed by atoms with Crippen LogP contribution in [0.25, 0.3) is 0 Å². The predicted octanol–water partition coefficient (Wildman–Crippen LogP) is 3.49. The van der Waals surface area contributed by atoms with Gasteiger partial charge in [0.2, 0.25) is 5.95 Å². The maximum atomic E-state index is 14.5. The Balaban J connectivity index is 1.35. The largest absolute Gasteiger partial charge is 0.354 e. The number of hydrogen-bond donors (Lipinski definition) is 3. The highest BCUT2D eigenvalue weighted by Crippen LogP contribution is 2.42. The second-order valence-corrected chi connectivity index (χ2v) is 11.4. The molecule has 2 amide bonds. The number of nitrogens with zero attached hydrogens (tertiary/aromatic N) is 6. The van der Waals surface area contributed by atoms with Crippen molar-refractivity contribution in [1.29, 1.82) is 0 Å². The molecule has 2 aromatic rings. The molecule has 0 unspecified atom stereocenters. The van der Waals surface area contributed by atoms with Crippen molar-refractivity contribution in [3.05, 3.63) is 23.3 Å². The maximum Gasteiger partial charge on any atom is 0.321 e. The molecule has 0 radical (unpaired) electrons. The Morgan fingerprint density at radius 2 is 2.00 bits per heavy atom. The van der Waals surface area contributed by atoms with E-state index < -0.39 is 11.4 Å². The van der Waals surface area contributed by atoms with Gasteiger partial charge >= 0.3 is 6.03 Å². The van der Waals surface area contributed by atoms with Crippen LogP contribution in [0.3, 0.4) is 0 Å². The average molecular weight is 486 g/mol. The van der Waals surface area contributed by atoms with Gasteiger partial charge in [-0.1, -0.05) is 0 Å². The monoisotopic (exact) mass is 485 g/mol. The number of carbonyl (C=O) groups excluding carboxylic acids is 1. The van der Waals surface area contributed by atoms with Gasteiger partial charge in [-0.05, 0) is 60.4 Å². The summed E-state index contributed by atoms with van der Waals surface area (Å²) in [6, 6.07) is 0.0988. The molecule has 190 valence electrons. The van der Waals surface area contributed by atoms with Crippen molar-refractivity contribution >= 4 is 23.6 Å². The van der Waals surface area contributed by atoms with Gasteiger partial charge in [0.25, 0.3) is 0 Å². The minimum Gasteiger partial charge on any atom is -0.354 e. The molecule has 11 heteroatoms. The Labute approximate surface area is 205 Å². The van der Waals surface area contributed by atoms with E-state index in [-0.39, 0.29) is 23.4 Å². The average Bonchev–Trinajstić information content (AvgIpc) is 3.47. The third-order valence-electron chi connectivity index (χ3n) is 7.83. The van der Waals surface area contributed by atoms with Gasteiger partial charge in [-0.3, -0.25) is 10.00 Å². The Bertz CT molecular complexity index is 1130. The Kier molecular flexibility index (Phi) is 5.65. The maximum absolute atomic E-state index is 14.5. The first-order chi connectivity index (χ1) is 16.5. The topological polar surface area (TPSA) is 105 Å². The summed E-state index contributed by atoms with van der Waals surface area (Å²) in [6.07, 6.45) is 3.57. The number of amides is 2. The number of anilines is 3. The van der Waals surface area contributed by atoms with E-state index >= 15 is 0 Å². The van der Waals surface area contributed by atoms with Gasteiger partial charge in [-0.2, -0.15) is 10.1 Å². The third-order valence-corrected chi connectivity index (χ3v) is 7.83. The van der Waals surface area contributed by atoms with Crippen LogP contribution in [0, 0.1) is 11.7 Å². The summed E-state index contributed by atoms with van der Waals surface area (Å²) in [5.74, 6) is 1.01. The lowest BCUT2D eigenvalue weighted by Crippen LogP contribution is -2.65. The Morgan fingerprint density at radius 1 is 1.26 bits per heavy atom. The number of halogens is 1. The highest BCUT2D eigenvalue weighted by molar-refractivity contribution is 5.78. The SMILES string of the molecule is C[C@H]1CN(C)C(C)(C)CN1C(=O)N1Cc2c(Nc3nc(NCC4CC4)ncc3F)n[nH]c2C1(C)C. The molecule has 1 saturated carbocycles. The number of aromatic amines is 1. The van der Waals surface area contributed by atoms with Gasteiger partial charge in [0, 0.05) is 36.8 Å². The second-order valence-electron chi connectivity index (χ2n) is 11.4. The van der Waals surface area contributed by atoms with Crippen LogP contribution in [-0.4, -0.2) is 79.2 Å². The summed E-state index contributed by atoms with van der Waals surface area (Å²) in [4.78, 5) is 28.3. The molecule has 4 heterocycles. The zero-order valence-electron chi connectivity index (χ0n) is 21.4. The second kappa shape index (κ2) is 8.32. The summed E-state index contributed by atoms with van der Waals surface area (Å²) < 4.78 is 14.5. The molecular weight excluding hydrogens is 449 g/mol. The summed E-state index contributed by atoms with van der Waals surface area (Å²) in [5.41, 5.74) is 0.990. The van der Waals surface area contributed by atoms with Crippen molar-refractivity contribution < 1.29 is 9.18 Å². The first kappa shape index (κ1) is 23.8. The summed E-state index contributed by atoms with van der Waals surface area (Å²) in [6.45, 7) is 13.1. The van der Waals surface area contributed by atoms with Crippen LogP contribution in [0.5, 0.6) is 0 Å². The fourth-order valence-electron chi connectivity index (χ4n) is 4.98. The van der Waals surface area contributed by atoms with Crippen molar-refractivity contribution in [3.63, 3.8) is 0 Å². The first-order valence-corrected chi connectivity index (χ1v) is 12.4. The third kappa shape index (κ3) is 4.30. The number of H-pyrrole nitrogens is 1. The minimum atomic E-state index is -0.590. The van der Waals surface area contributed by atoms with E-state index in [2.05, 4.69) is 63.5 Å². The number of nitrogens with one attached hydrogen (secondary N) is 3. The number of rotatable bonds is 5. The highest BCUT2D eigenvalue weighted by Gasteiger charge is 2.47. The number of hydrogen-bond acceptors (Lipinski definition) is 7. The smallest absolute Gasteiger partial charge is 0.321 e. The molecule has 5 rings (SSSR count). The Hall–Kier alpha value is -2.95. The number of likely N-dealkylation sites (N-methyl/N-ethyl adjacent to an activating group) is 1. The lowest BCUT2D eigenvalue weighted by molar-refractivity contribution is 0.00695. The van der Waals surface area contributed by atoms with Crippen LogP contribution >= 0.6 is 0 Å². The van der Waals surface area contributed by atoms with Crippen molar-refractivity contribution in [2.24, 2.45) is 5.92 Å². The lowest BCUT2D eigenvalue weighted by atomic mass is 9.96. The first-order valence-electron chi connectivity index (χ1n) is 12.4. The number of aromatic nitrogens is 4. The molecule has 1 saturated heterocycles. The number of urea groups is 1. The molecule has 10 nitrogen and oxygen atoms in total. The van der Waals surface area contributed by atoms with Crippen molar-refractivity contribution in [1.82, 2.24) is 34.9 Å². The zero-order valence-corrected chi connectivity index (χ0v) is 21.4. The molecule has 35 heavy (non-hydrogen) atoms. The molecule has 2 aromatic heterocycles. The van der Waals surface area contributed by atoms with Crippen LogP contribution in [-0.2, 0) is 12.1 Å². The van der Waals surface area contributed by atoms with E-state index in [0.29, 0.717) is 30.8 Å². The molecule has 3 N–H and O–H groups in total. The van der Waals surface area contributed by atoms with Gasteiger partial charge in [0.15, 0.2) is 17.5 Å². The Morgan fingerprint density at radius 3 is 2.71 bits per heavy atom. The fraction of sp³-hybridized carbons (Fsp3) is 0.667. The summed E-state index contributed by atoms with van der Waals surface area (Å²) in [5, 5.41) is 13.7. The van der Waals surface area contributed by atoms with E-state index in [9.17, 15) is 9.18 Å². The van der Waals surface area contributed by atoms with Crippen molar-refractivity contribution in [2.75, 3.05) is 37.3 Å². The summed E-state index contributed by atoms with van der Waals surface area (Å²) >= 11 is 0. The van der Waals surface area contributed by atoms with Crippen LogP contribution in [0.1, 0.15) is 58.7 Å². The van der Waals surface area contributed by atoms with E-state index in [1.54, 1.807) is 0 Å². The molecule has 2 fully saturated rings. The quantitative estimate of drug-likeness (QED) is 0.595.